The summed E-state index contributed by atoms with van der Waals surface area (Å²) in [5.41, 5.74) is 4.32. The molecule has 0 radical (unpaired) electrons. The van der Waals surface area contributed by atoms with E-state index in [0.29, 0.717) is 39.0 Å². The highest BCUT2D eigenvalue weighted by molar-refractivity contribution is 5.70. The summed E-state index contributed by atoms with van der Waals surface area (Å²) in [6.07, 6.45) is 4.24. The molecule has 3 aromatic rings. The van der Waals surface area contributed by atoms with Gasteiger partial charge in [-0.25, -0.2) is 14.0 Å². The van der Waals surface area contributed by atoms with Crippen LogP contribution in [0.4, 0.5) is 25.5 Å². The van der Waals surface area contributed by atoms with Crippen molar-refractivity contribution in [1.29, 1.82) is 5.26 Å². The number of piperazine rings is 1. The molecule has 2 aromatic carbocycles. The number of amides is 2. The molecule has 7 rings (SSSR count). The Labute approximate surface area is 310 Å². The molecule has 0 bridgehead atoms. The third kappa shape index (κ3) is 8.27. The van der Waals surface area contributed by atoms with Crippen molar-refractivity contribution in [3.63, 3.8) is 0 Å². The maximum Gasteiger partial charge on any atom is 0.410 e. The minimum absolute atomic E-state index is 0.121. The first-order valence-corrected chi connectivity index (χ1v) is 18.7. The highest BCUT2D eigenvalue weighted by Gasteiger charge is 2.38. The van der Waals surface area contributed by atoms with Gasteiger partial charge in [0.2, 0.25) is 0 Å². The molecule has 4 heterocycles. The number of likely N-dealkylation sites (tertiary alicyclic amines) is 1. The second-order valence-electron chi connectivity index (χ2n) is 15.3. The number of hydrogen-bond acceptors (Lipinski definition) is 10. The molecule has 1 aliphatic carbocycles. The number of aromatic nitrogens is 2. The molecular weight excluding hydrogens is 677 g/mol. The van der Waals surface area contributed by atoms with Crippen LogP contribution in [-0.2, 0) is 35.3 Å². The summed E-state index contributed by atoms with van der Waals surface area (Å²) in [6, 6.07) is 16.7. The van der Waals surface area contributed by atoms with E-state index in [1.807, 2.05) is 57.2 Å². The van der Waals surface area contributed by atoms with Crippen LogP contribution in [0.2, 0.25) is 0 Å². The molecule has 3 aliphatic heterocycles. The molecule has 280 valence electrons. The predicted molar refractivity (Wildman–Crippen MR) is 196 cm³/mol. The van der Waals surface area contributed by atoms with Gasteiger partial charge >= 0.3 is 18.2 Å². The number of anilines is 2. The van der Waals surface area contributed by atoms with Crippen LogP contribution in [0.15, 0.2) is 48.5 Å². The Balaban J connectivity index is 1.12. The van der Waals surface area contributed by atoms with Gasteiger partial charge in [-0.3, -0.25) is 0 Å². The zero-order valence-corrected chi connectivity index (χ0v) is 30.8. The number of nitrogens with zero attached hydrogens (tertiary/aromatic N) is 7. The van der Waals surface area contributed by atoms with Crippen LogP contribution in [0, 0.1) is 17.1 Å². The Morgan fingerprint density at radius 2 is 1.77 bits per heavy atom. The van der Waals surface area contributed by atoms with E-state index in [4.69, 9.17) is 24.2 Å². The summed E-state index contributed by atoms with van der Waals surface area (Å²) in [4.78, 5) is 43.8. The number of carbonyl (C=O) groups is 2. The van der Waals surface area contributed by atoms with E-state index >= 15 is 0 Å². The van der Waals surface area contributed by atoms with Gasteiger partial charge in [0.05, 0.1) is 30.3 Å². The van der Waals surface area contributed by atoms with Gasteiger partial charge in [-0.2, -0.15) is 15.2 Å². The number of nitriles is 1. The van der Waals surface area contributed by atoms with Crippen molar-refractivity contribution in [3.05, 3.63) is 76.7 Å². The maximum atomic E-state index is 14.5. The lowest BCUT2D eigenvalue weighted by atomic mass is 9.88. The van der Waals surface area contributed by atoms with Crippen LogP contribution in [0.25, 0.3) is 0 Å². The largest absolute Gasteiger partial charge is 0.461 e. The molecule has 0 unspecified atom stereocenters. The van der Waals surface area contributed by atoms with Crippen molar-refractivity contribution >= 4 is 23.7 Å². The lowest BCUT2D eigenvalue weighted by Crippen LogP contribution is -2.56. The standard InChI is InChI=1S/C40H48FN7O5/c1-40(2,3)53-39(50)47-19-16-32(47)26-51-37-43-34-23-30(46-18-7-10-28-11-12-29(41)22-35(28)46)13-14-33(34)36(44-37)45-20-21-48(31(24-45)15-17-42)38(49)52-25-27-8-5-4-6-9-27/h4-6,8-9,11-12,22,30-32H,7,10,13-16,18-21,23-26H2,1-3H3/t30-,31+,32+/m1/s1. The van der Waals surface area contributed by atoms with Gasteiger partial charge in [0.25, 0.3) is 0 Å². The maximum absolute atomic E-state index is 14.5. The number of aryl methyl sites for hydroxylation is 1. The zero-order chi connectivity index (χ0) is 37.1. The van der Waals surface area contributed by atoms with Gasteiger partial charge in [-0.1, -0.05) is 36.4 Å². The zero-order valence-electron chi connectivity index (χ0n) is 30.8. The first kappa shape index (κ1) is 36.2. The van der Waals surface area contributed by atoms with Gasteiger partial charge < -0.3 is 33.8 Å². The summed E-state index contributed by atoms with van der Waals surface area (Å²) in [6.45, 7) is 8.60. The highest BCUT2D eigenvalue weighted by Crippen LogP contribution is 2.37. The van der Waals surface area contributed by atoms with E-state index < -0.39 is 17.7 Å². The van der Waals surface area contributed by atoms with Gasteiger partial charge in [-0.05, 0) is 76.1 Å². The highest BCUT2D eigenvalue weighted by atomic mass is 19.1. The lowest BCUT2D eigenvalue weighted by Gasteiger charge is -2.43. The molecule has 0 N–H and O–H groups in total. The second-order valence-corrected chi connectivity index (χ2v) is 15.3. The monoisotopic (exact) mass is 725 g/mol. The van der Waals surface area contributed by atoms with Crippen molar-refractivity contribution in [2.45, 2.75) is 96.1 Å². The molecule has 2 saturated heterocycles. The fourth-order valence-corrected chi connectivity index (χ4v) is 7.82. The van der Waals surface area contributed by atoms with E-state index in [1.54, 1.807) is 15.9 Å². The molecule has 0 spiro atoms. The Hall–Kier alpha value is -5.12. The Morgan fingerprint density at radius 1 is 0.962 bits per heavy atom. The number of benzene rings is 2. The van der Waals surface area contributed by atoms with E-state index in [-0.39, 0.29) is 49.6 Å². The smallest absolute Gasteiger partial charge is 0.410 e. The molecular formula is C40H48FN7O5. The third-order valence-corrected chi connectivity index (χ3v) is 10.6. The second kappa shape index (κ2) is 15.5. The Morgan fingerprint density at radius 3 is 2.53 bits per heavy atom. The molecule has 0 saturated carbocycles. The average Bonchev–Trinajstić information content (AvgIpc) is 3.12. The van der Waals surface area contributed by atoms with Gasteiger partial charge in [0, 0.05) is 56.4 Å². The van der Waals surface area contributed by atoms with Crippen LogP contribution in [0.5, 0.6) is 6.01 Å². The van der Waals surface area contributed by atoms with Crippen LogP contribution in [0.1, 0.15) is 68.8 Å². The SMILES string of the molecule is CC(C)(C)OC(=O)N1CC[C@H]1COc1nc2c(c(N3CCN(C(=O)OCc4ccccc4)[C@@H](CC#N)C3)n1)CC[C@@H](N1CCCc3ccc(F)cc31)C2. The number of rotatable bonds is 8. The minimum atomic E-state index is -0.599. The minimum Gasteiger partial charge on any atom is -0.461 e. The van der Waals surface area contributed by atoms with E-state index in [0.717, 1.165) is 66.1 Å². The summed E-state index contributed by atoms with van der Waals surface area (Å²) in [5.74, 6) is 0.505. The first-order chi connectivity index (χ1) is 25.6. The lowest BCUT2D eigenvalue weighted by molar-refractivity contribution is -0.0149. The van der Waals surface area contributed by atoms with Gasteiger partial charge in [0.1, 0.15) is 30.4 Å². The molecule has 3 atom stereocenters. The number of ether oxygens (including phenoxy) is 3. The fraction of sp³-hybridized carbons (Fsp3) is 0.525. The Bertz CT molecular complexity index is 1850. The van der Waals surface area contributed by atoms with Crippen molar-refractivity contribution in [2.75, 3.05) is 49.1 Å². The van der Waals surface area contributed by atoms with Crippen molar-refractivity contribution in [3.8, 4) is 12.1 Å². The van der Waals surface area contributed by atoms with E-state index in [1.165, 1.54) is 6.07 Å². The number of hydrogen-bond donors (Lipinski definition) is 0. The predicted octanol–water partition coefficient (Wildman–Crippen LogP) is 6.06. The van der Waals surface area contributed by atoms with Crippen LogP contribution < -0.4 is 14.5 Å². The van der Waals surface area contributed by atoms with Crippen molar-refractivity contribution in [1.82, 2.24) is 19.8 Å². The number of fused-ring (bicyclic) bond motifs is 2. The summed E-state index contributed by atoms with van der Waals surface area (Å²) < 4.78 is 32.0. The van der Waals surface area contributed by atoms with Crippen molar-refractivity contribution < 1.29 is 28.2 Å². The third-order valence-electron chi connectivity index (χ3n) is 10.6. The molecule has 1 aromatic heterocycles. The van der Waals surface area contributed by atoms with Crippen LogP contribution in [0.3, 0.4) is 0 Å². The number of halogens is 1. The van der Waals surface area contributed by atoms with E-state index in [2.05, 4.69) is 15.9 Å². The van der Waals surface area contributed by atoms with Crippen molar-refractivity contribution in [2.24, 2.45) is 0 Å². The fourth-order valence-electron chi connectivity index (χ4n) is 7.82. The van der Waals surface area contributed by atoms with Gasteiger partial charge in [0.15, 0.2) is 0 Å². The van der Waals surface area contributed by atoms with Crippen LogP contribution in [-0.4, -0.2) is 95.0 Å². The topological polar surface area (TPSA) is 124 Å². The molecule has 4 aliphatic rings. The van der Waals surface area contributed by atoms with Gasteiger partial charge in [-0.15, -0.1) is 0 Å². The summed E-state index contributed by atoms with van der Waals surface area (Å²) >= 11 is 0. The van der Waals surface area contributed by atoms with E-state index in [9.17, 15) is 19.2 Å². The molecule has 2 fully saturated rings. The molecule has 2 amide bonds. The number of carbonyl (C=O) groups excluding carboxylic acids is 2. The quantitative estimate of drug-likeness (QED) is 0.271. The average molecular weight is 726 g/mol. The molecule has 12 nitrogen and oxygen atoms in total. The molecule has 53 heavy (non-hydrogen) atoms. The summed E-state index contributed by atoms with van der Waals surface area (Å²) in [5, 5.41) is 9.77. The summed E-state index contributed by atoms with van der Waals surface area (Å²) in [7, 11) is 0. The van der Waals surface area contributed by atoms with Crippen LogP contribution >= 0.6 is 0 Å². The first-order valence-electron chi connectivity index (χ1n) is 18.7. The Kier molecular flexibility index (Phi) is 10.6. The molecule has 13 heteroatoms. The normalized spacial score (nSPS) is 21.2.